The number of hydrogen-bond donors (Lipinski definition) is 1. The van der Waals surface area contributed by atoms with Crippen LogP contribution in [0.25, 0.3) is 0 Å². The molecule has 0 aromatic carbocycles. The molecule has 0 aromatic rings. The van der Waals surface area contributed by atoms with Crippen molar-refractivity contribution in [3.05, 3.63) is 0 Å². The molecule has 10 heavy (non-hydrogen) atoms. The van der Waals surface area contributed by atoms with Crippen molar-refractivity contribution in [3.63, 3.8) is 0 Å². The van der Waals surface area contributed by atoms with E-state index in [2.05, 4.69) is 5.32 Å². The Labute approximate surface area is 62.5 Å². The third-order valence-corrected chi connectivity index (χ3v) is 1.44. The van der Waals surface area contributed by atoms with E-state index < -0.39 is 0 Å². The van der Waals surface area contributed by atoms with Crippen molar-refractivity contribution in [2.45, 2.75) is 12.1 Å². The minimum absolute atomic E-state index is 0.119. The maximum atomic E-state index is 5.52. The summed E-state index contributed by atoms with van der Waals surface area (Å²) in [6, 6.07) is -0.172. The monoisotopic (exact) mass is 141 g/mol. The highest BCUT2D eigenvalue weighted by atomic mass is 16.5. The van der Waals surface area contributed by atoms with Crippen molar-refractivity contribution in [2.24, 2.45) is 0 Å². The molecular weight excluding hydrogens is 129 g/mol. The van der Waals surface area contributed by atoms with Gasteiger partial charge in [0.25, 0.3) is 0 Å². The van der Waals surface area contributed by atoms with Gasteiger partial charge in [0.2, 0.25) is 0 Å². The molecule has 1 rings (SSSR count). The average molecular weight is 141 g/mol. The van der Waals surface area contributed by atoms with Gasteiger partial charge in [-0.1, -0.05) is 0 Å². The first-order chi connectivity index (χ1) is 4.83. The summed E-state index contributed by atoms with van der Waals surface area (Å²) in [6.45, 7) is 2.18. The minimum atomic E-state index is -0.172. The van der Waals surface area contributed by atoms with Crippen molar-refractivity contribution < 1.29 is 9.47 Å². The Morgan fingerprint density at radius 1 is 1.70 bits per heavy atom. The Kier molecular flexibility index (Phi) is 3.18. The fraction of sp³-hybridized carbons (Fsp3) is 1.00. The summed E-state index contributed by atoms with van der Waals surface area (Å²) in [5.74, 6) is 0. The molecule has 1 N–H and O–H groups in total. The molecule has 3 nitrogen and oxygen atoms in total. The second-order valence-electron chi connectivity index (χ2n) is 2.41. The molecule has 0 aliphatic carbocycles. The number of hydrogen-bond acceptors (Lipinski definition) is 3. The lowest BCUT2D eigenvalue weighted by Crippen LogP contribution is -2.46. The van der Waals surface area contributed by atoms with E-state index in [0.29, 0.717) is 6.61 Å². The SMILES string of the molecule is [B]C1CNCC(COC)O1. The molecule has 1 heterocycles. The lowest BCUT2D eigenvalue weighted by Gasteiger charge is -2.28. The van der Waals surface area contributed by atoms with Crippen LogP contribution >= 0.6 is 0 Å². The lowest BCUT2D eigenvalue weighted by molar-refractivity contribution is -0.0363. The van der Waals surface area contributed by atoms with Gasteiger partial charge >= 0.3 is 0 Å². The Morgan fingerprint density at radius 2 is 2.50 bits per heavy atom. The van der Waals surface area contributed by atoms with E-state index in [-0.39, 0.29) is 12.1 Å². The summed E-state index contributed by atoms with van der Waals surface area (Å²) >= 11 is 0. The summed E-state index contributed by atoms with van der Waals surface area (Å²) in [7, 11) is 7.17. The molecule has 1 aliphatic heterocycles. The van der Waals surface area contributed by atoms with Gasteiger partial charge in [0.05, 0.1) is 12.7 Å². The van der Waals surface area contributed by atoms with Crippen molar-refractivity contribution in [1.29, 1.82) is 0 Å². The van der Waals surface area contributed by atoms with Gasteiger partial charge in [-0.15, -0.1) is 0 Å². The zero-order valence-electron chi connectivity index (χ0n) is 6.17. The maximum absolute atomic E-state index is 5.52. The van der Waals surface area contributed by atoms with Crippen LogP contribution in [-0.2, 0) is 9.47 Å². The molecule has 0 spiro atoms. The smallest absolute Gasteiger partial charge is 0.110 e. The van der Waals surface area contributed by atoms with Crippen LogP contribution in [0.1, 0.15) is 0 Å². The van der Waals surface area contributed by atoms with Gasteiger partial charge in [-0.3, -0.25) is 0 Å². The summed E-state index contributed by atoms with van der Waals surface area (Å²) in [5, 5.41) is 3.14. The van der Waals surface area contributed by atoms with Crippen LogP contribution in [0.5, 0.6) is 0 Å². The van der Waals surface area contributed by atoms with Crippen LogP contribution < -0.4 is 5.32 Å². The Hall–Kier alpha value is -0.0551. The van der Waals surface area contributed by atoms with E-state index in [4.69, 9.17) is 17.3 Å². The molecule has 0 aromatic heterocycles. The van der Waals surface area contributed by atoms with E-state index >= 15 is 0 Å². The summed E-state index contributed by atoms with van der Waals surface area (Å²) in [5.41, 5.74) is 0. The molecule has 1 saturated heterocycles. The lowest BCUT2D eigenvalue weighted by atomic mass is 9.98. The zero-order valence-corrected chi connectivity index (χ0v) is 6.17. The molecule has 0 amide bonds. The van der Waals surface area contributed by atoms with Crippen molar-refractivity contribution in [2.75, 3.05) is 26.8 Å². The number of nitrogens with one attached hydrogen (secondary N) is 1. The van der Waals surface area contributed by atoms with E-state index in [1.54, 1.807) is 7.11 Å². The first-order valence-corrected chi connectivity index (χ1v) is 3.43. The first-order valence-electron chi connectivity index (χ1n) is 3.43. The third-order valence-electron chi connectivity index (χ3n) is 1.44. The van der Waals surface area contributed by atoms with Crippen molar-refractivity contribution in [1.82, 2.24) is 5.32 Å². The molecule has 2 radical (unpaired) electrons. The Bertz CT molecular complexity index is 99.7. The predicted octanol–water partition coefficient (Wildman–Crippen LogP) is -0.884. The van der Waals surface area contributed by atoms with Crippen molar-refractivity contribution in [3.8, 4) is 0 Å². The highest BCUT2D eigenvalue weighted by Gasteiger charge is 2.17. The Balaban J connectivity index is 2.18. The van der Waals surface area contributed by atoms with Crippen LogP contribution in [0.3, 0.4) is 0 Å². The first kappa shape index (κ1) is 8.05. The van der Waals surface area contributed by atoms with Gasteiger partial charge in [-0.2, -0.15) is 0 Å². The second kappa shape index (κ2) is 3.96. The fourth-order valence-electron chi connectivity index (χ4n) is 1.01. The van der Waals surface area contributed by atoms with Crippen LogP contribution in [0.15, 0.2) is 0 Å². The summed E-state index contributed by atoms with van der Waals surface area (Å²) in [6.07, 6.45) is 0.119. The van der Waals surface area contributed by atoms with Gasteiger partial charge in [-0.25, -0.2) is 0 Å². The fourth-order valence-corrected chi connectivity index (χ4v) is 1.01. The molecule has 56 valence electrons. The highest BCUT2D eigenvalue weighted by Crippen LogP contribution is 2.00. The molecule has 2 atom stereocenters. The second-order valence-corrected chi connectivity index (χ2v) is 2.41. The highest BCUT2D eigenvalue weighted by molar-refractivity contribution is 6.11. The average Bonchev–Trinajstić information content (AvgIpc) is 1.88. The molecule has 1 fully saturated rings. The van der Waals surface area contributed by atoms with Crippen LogP contribution in [0, 0.1) is 0 Å². The minimum Gasteiger partial charge on any atom is -0.382 e. The molecule has 1 aliphatic rings. The van der Waals surface area contributed by atoms with Crippen LogP contribution in [0.4, 0.5) is 0 Å². The third kappa shape index (κ3) is 2.29. The number of rotatable bonds is 2. The van der Waals surface area contributed by atoms with Gasteiger partial charge < -0.3 is 14.8 Å². The standard InChI is InChI=1S/C6H12BNO2/c1-9-4-5-2-8-3-6(7)10-5/h5-6,8H,2-4H2,1H3. The molecule has 2 unspecified atom stereocenters. The number of morpholine rings is 1. The van der Waals surface area contributed by atoms with E-state index in [0.717, 1.165) is 13.1 Å². The predicted molar refractivity (Wildman–Crippen MR) is 39.2 cm³/mol. The largest absolute Gasteiger partial charge is 0.382 e. The summed E-state index contributed by atoms with van der Waals surface area (Å²) in [4.78, 5) is 0. The topological polar surface area (TPSA) is 30.5 Å². The van der Waals surface area contributed by atoms with Gasteiger partial charge in [0, 0.05) is 26.2 Å². The Morgan fingerprint density at radius 3 is 3.10 bits per heavy atom. The van der Waals surface area contributed by atoms with E-state index in [1.807, 2.05) is 0 Å². The molecule has 4 heteroatoms. The van der Waals surface area contributed by atoms with E-state index in [1.165, 1.54) is 0 Å². The molecule has 0 bridgehead atoms. The zero-order chi connectivity index (χ0) is 7.40. The van der Waals surface area contributed by atoms with Gasteiger partial charge in [-0.05, 0) is 0 Å². The van der Waals surface area contributed by atoms with Crippen LogP contribution in [-0.4, -0.2) is 46.8 Å². The maximum Gasteiger partial charge on any atom is 0.110 e. The van der Waals surface area contributed by atoms with Crippen LogP contribution in [0.2, 0.25) is 0 Å². The normalized spacial score (nSPS) is 34.1. The number of methoxy groups -OCH3 is 1. The van der Waals surface area contributed by atoms with Gasteiger partial charge in [0.15, 0.2) is 0 Å². The molecular formula is C6H12BNO2. The van der Waals surface area contributed by atoms with Gasteiger partial charge in [0.1, 0.15) is 7.85 Å². The van der Waals surface area contributed by atoms with Crippen molar-refractivity contribution >= 4 is 7.85 Å². The summed E-state index contributed by atoms with van der Waals surface area (Å²) < 4.78 is 10.2. The van der Waals surface area contributed by atoms with E-state index in [9.17, 15) is 0 Å². The quantitative estimate of drug-likeness (QED) is 0.506. The number of ether oxygens (including phenoxy) is 2. The molecule has 0 saturated carbocycles.